The molecule has 4 N–H and O–H groups in total. The van der Waals surface area contributed by atoms with Crippen LogP contribution in [0.2, 0.25) is 18.1 Å². The molecule has 2 aromatic heterocycles. The van der Waals surface area contributed by atoms with Gasteiger partial charge in [0.15, 0.2) is 8.32 Å². The number of fused-ring (bicyclic) bond motifs is 1. The molecule has 10 atom stereocenters. The molecular formula is C58H86N8O9SSi. The average Bonchev–Trinajstić information content (AvgIpc) is 4.12. The number of thiazole rings is 1. The van der Waals surface area contributed by atoms with Crippen molar-refractivity contribution in [3.63, 3.8) is 0 Å². The van der Waals surface area contributed by atoms with Crippen molar-refractivity contribution in [1.82, 2.24) is 40.8 Å². The third kappa shape index (κ3) is 16.0. The van der Waals surface area contributed by atoms with Gasteiger partial charge < -0.3 is 39.9 Å². The summed E-state index contributed by atoms with van der Waals surface area (Å²) in [5, 5.41) is 28.2. The van der Waals surface area contributed by atoms with Crippen LogP contribution in [0.25, 0.3) is 10.4 Å². The van der Waals surface area contributed by atoms with E-state index in [0.717, 1.165) is 53.1 Å². The second kappa shape index (κ2) is 25.7. The SMILES string of the molecule is Cc1ncsc1-c1ccc(CNC(=O)[C@@H]2C[C@@H](O)CN2C(=O)[C@@H](NC(=O)CCCc2cn(CCCCNC(=O)O[C@H]3C[C@@H](C)C=C4C=C[C@H](C)[C@H](CC[C@@H]5C[C@@H](O[Si](C)(C)C(C)(C)C)CC(=O)O5)[C@H]43)nn2)C(C)(C)C)cc1. The molecule has 2 saturated heterocycles. The van der Waals surface area contributed by atoms with Crippen molar-refractivity contribution in [3.8, 4) is 10.4 Å². The first-order valence-corrected chi connectivity index (χ1v) is 31.8. The second-order valence-electron chi connectivity index (χ2n) is 24.8. The number of cyclic esters (lactones) is 1. The zero-order chi connectivity index (χ0) is 55.8. The van der Waals surface area contributed by atoms with Gasteiger partial charge in [0, 0.05) is 57.6 Å². The van der Waals surface area contributed by atoms with Gasteiger partial charge in [0.2, 0.25) is 17.7 Å². The van der Waals surface area contributed by atoms with Crippen LogP contribution in [0, 0.1) is 36.0 Å². The zero-order valence-electron chi connectivity index (χ0n) is 47.4. The molecule has 4 aliphatic rings. The number of carbonyl (C=O) groups is 5. The lowest BCUT2D eigenvalue weighted by atomic mass is 9.65. The number of nitrogens with zero attached hydrogens (tertiary/aromatic N) is 5. The number of benzene rings is 1. The quantitative estimate of drug-likeness (QED) is 0.0447. The van der Waals surface area contributed by atoms with E-state index in [1.54, 1.807) is 16.0 Å². The van der Waals surface area contributed by atoms with Gasteiger partial charge in [-0.2, -0.15) is 0 Å². The number of alkyl carbamates (subject to hydrolysis) is 1. The smallest absolute Gasteiger partial charge is 0.407 e. The summed E-state index contributed by atoms with van der Waals surface area (Å²) >= 11 is 1.58. The summed E-state index contributed by atoms with van der Waals surface area (Å²) < 4.78 is 20.6. The second-order valence-corrected chi connectivity index (χ2v) is 30.4. The van der Waals surface area contributed by atoms with Gasteiger partial charge >= 0.3 is 12.1 Å². The third-order valence-corrected chi connectivity index (χ3v) is 21.9. The van der Waals surface area contributed by atoms with Gasteiger partial charge in [-0.15, -0.1) is 16.4 Å². The van der Waals surface area contributed by atoms with Crippen molar-refractivity contribution in [2.24, 2.45) is 29.1 Å². The summed E-state index contributed by atoms with van der Waals surface area (Å²) in [6, 6.07) is 6.11. The molecule has 2 aliphatic heterocycles. The Hall–Kier alpha value is -5.24. The minimum absolute atomic E-state index is 0.00195. The van der Waals surface area contributed by atoms with Crippen LogP contribution < -0.4 is 16.0 Å². The molecule has 0 saturated carbocycles. The van der Waals surface area contributed by atoms with Crippen molar-refractivity contribution in [2.75, 3.05) is 13.1 Å². The summed E-state index contributed by atoms with van der Waals surface area (Å²) in [5.74, 6) is -0.421. The predicted molar refractivity (Wildman–Crippen MR) is 300 cm³/mol. The summed E-state index contributed by atoms with van der Waals surface area (Å²) in [4.78, 5) is 74.0. The van der Waals surface area contributed by atoms with Gasteiger partial charge in [0.25, 0.3) is 0 Å². The third-order valence-electron chi connectivity index (χ3n) is 16.4. The van der Waals surface area contributed by atoms with Gasteiger partial charge in [-0.05, 0) is 110 Å². The number of likely N-dealkylation sites (tertiary alicyclic amines) is 1. The van der Waals surface area contributed by atoms with Gasteiger partial charge in [0.1, 0.15) is 24.3 Å². The number of β-amino-alcohol motifs (C(OH)–C–C–N with tert-alkyl or cyclic N) is 1. The van der Waals surface area contributed by atoms with Crippen LogP contribution in [0.4, 0.5) is 4.79 Å². The zero-order valence-corrected chi connectivity index (χ0v) is 49.3. The molecule has 7 rings (SSSR count). The highest BCUT2D eigenvalue weighted by molar-refractivity contribution is 7.13. The molecule has 77 heavy (non-hydrogen) atoms. The number of aliphatic hydroxyl groups is 1. The van der Waals surface area contributed by atoms with E-state index in [2.05, 4.69) is 97.2 Å². The lowest BCUT2D eigenvalue weighted by Crippen LogP contribution is -2.57. The van der Waals surface area contributed by atoms with Crippen molar-refractivity contribution >= 4 is 49.4 Å². The Morgan fingerprint density at radius 1 is 0.987 bits per heavy atom. The van der Waals surface area contributed by atoms with Crippen LogP contribution in [0.5, 0.6) is 0 Å². The fraction of sp³-hybridized carbons (Fsp3) is 0.655. The molecule has 2 aliphatic carbocycles. The van der Waals surface area contributed by atoms with Crippen LogP contribution in [0.1, 0.15) is 137 Å². The van der Waals surface area contributed by atoms with Crippen LogP contribution in [0.3, 0.4) is 0 Å². The Bertz CT molecular complexity index is 2580. The number of esters is 1. The molecule has 4 heterocycles. The standard InChI is InChI=1S/C58H86N8O9SSi/c1-36-27-41-20-17-37(2)46(24-23-44-30-45(31-50(69)73-44)75-77(10,11)58(7,8)9)51(41)48(28-36)74-56(72)59-25-12-13-26-65-33-42(63-64-65)15-14-16-49(68)62-53(57(4,5)6)55(71)66-34-43(67)29-47(66)54(70)60-32-39-18-21-40(22-19-39)52-38(3)61-35-76-52/h17-22,27,33,35-37,43-48,51,53,67H,12-16,23-26,28-32,34H2,1-11H3,(H,59,72)(H,60,70)(H,62,68)/t36-,37-,43+,44+,45+,46-,47-,48-,51-,53+/m0/s1. The number of aliphatic hydroxyl groups excluding tert-OH is 1. The van der Waals surface area contributed by atoms with Crippen molar-refractivity contribution in [2.45, 2.75) is 201 Å². The number of ether oxygens (including phenoxy) is 2. The van der Waals surface area contributed by atoms with Crippen LogP contribution in [0.15, 0.2) is 59.8 Å². The number of hydrogen-bond acceptors (Lipinski definition) is 13. The lowest BCUT2D eigenvalue weighted by Gasteiger charge is -2.44. The number of aryl methyl sites for hydroxylation is 3. The highest BCUT2D eigenvalue weighted by Gasteiger charge is 2.46. The van der Waals surface area contributed by atoms with E-state index in [1.807, 2.05) is 63.7 Å². The monoisotopic (exact) mass is 1100 g/mol. The number of unbranched alkanes of at least 4 members (excludes halogenated alkanes) is 1. The molecule has 0 bridgehead atoms. The summed E-state index contributed by atoms with van der Waals surface area (Å²) in [7, 11) is -2.05. The first kappa shape index (κ1) is 59.4. The van der Waals surface area contributed by atoms with E-state index in [4.69, 9.17) is 13.9 Å². The summed E-state index contributed by atoms with van der Waals surface area (Å²) in [6.07, 6.45) is 12.8. The lowest BCUT2D eigenvalue weighted by molar-refractivity contribution is -0.160. The number of allylic oxidation sites excluding steroid dienone is 3. The van der Waals surface area contributed by atoms with E-state index in [1.165, 1.54) is 10.5 Å². The highest BCUT2D eigenvalue weighted by atomic mass is 32.1. The number of carbonyl (C=O) groups excluding carboxylic acids is 5. The number of nitrogens with one attached hydrogen (secondary N) is 3. The van der Waals surface area contributed by atoms with Crippen molar-refractivity contribution in [3.05, 3.63) is 76.7 Å². The molecule has 4 amide bonds. The minimum atomic E-state index is -2.05. The first-order valence-electron chi connectivity index (χ1n) is 28.0. The molecule has 3 aromatic rings. The first-order chi connectivity index (χ1) is 36.3. The van der Waals surface area contributed by atoms with E-state index in [0.29, 0.717) is 45.2 Å². The van der Waals surface area contributed by atoms with Crippen LogP contribution in [-0.4, -0.2) is 118 Å². The molecule has 0 radical (unpaired) electrons. The number of aromatic nitrogens is 4. The van der Waals surface area contributed by atoms with Gasteiger partial charge in [-0.25, -0.2) is 9.78 Å². The van der Waals surface area contributed by atoms with E-state index >= 15 is 0 Å². The summed E-state index contributed by atoms with van der Waals surface area (Å²) in [5.41, 5.74) is 6.02. The van der Waals surface area contributed by atoms with Crippen LogP contribution in [-0.2, 0) is 52.6 Å². The molecule has 0 spiro atoms. The molecule has 19 heteroatoms. The molecule has 17 nitrogen and oxygen atoms in total. The topological polar surface area (TPSA) is 216 Å². The van der Waals surface area contributed by atoms with Gasteiger partial charge in [0.05, 0.1) is 40.4 Å². The number of rotatable bonds is 21. The fourth-order valence-electron chi connectivity index (χ4n) is 11.1. The Kier molecular flexibility index (Phi) is 19.8. The molecule has 422 valence electrons. The number of hydrogen-bond donors (Lipinski definition) is 4. The Morgan fingerprint density at radius 3 is 2.44 bits per heavy atom. The average molecular weight is 1100 g/mol. The summed E-state index contributed by atoms with van der Waals surface area (Å²) in [6.45, 7) is 24.4. The van der Waals surface area contributed by atoms with Crippen molar-refractivity contribution < 1.29 is 43.0 Å². The van der Waals surface area contributed by atoms with Gasteiger partial charge in [-0.3, -0.25) is 23.9 Å². The normalized spacial score (nSPS) is 25.1. The molecular weight excluding hydrogens is 1010 g/mol. The van der Waals surface area contributed by atoms with E-state index in [-0.39, 0.29) is 90.7 Å². The predicted octanol–water partition coefficient (Wildman–Crippen LogP) is 9.00. The van der Waals surface area contributed by atoms with Gasteiger partial charge in [-0.1, -0.05) is 103 Å². The maximum absolute atomic E-state index is 14.1. The Labute approximate surface area is 461 Å². The molecule has 2 fully saturated rings. The Morgan fingerprint density at radius 2 is 1.74 bits per heavy atom. The molecule has 1 aromatic carbocycles. The number of amides is 4. The molecule has 0 unspecified atom stereocenters. The fourth-order valence-corrected chi connectivity index (χ4v) is 13.3. The largest absolute Gasteiger partial charge is 0.462 e. The minimum Gasteiger partial charge on any atom is -0.462 e. The van der Waals surface area contributed by atoms with Crippen LogP contribution >= 0.6 is 11.3 Å². The van der Waals surface area contributed by atoms with Crippen molar-refractivity contribution in [1.29, 1.82) is 0 Å². The maximum Gasteiger partial charge on any atom is 0.407 e. The Balaban J connectivity index is 0.814. The highest BCUT2D eigenvalue weighted by Crippen LogP contribution is 2.46. The van der Waals surface area contributed by atoms with E-state index < -0.39 is 43.9 Å². The maximum atomic E-state index is 14.1. The van der Waals surface area contributed by atoms with E-state index in [9.17, 15) is 29.1 Å².